The highest BCUT2D eigenvalue weighted by molar-refractivity contribution is 5.43. The molecule has 0 amide bonds. The molecule has 2 fully saturated rings. The van der Waals surface area contributed by atoms with E-state index in [1.54, 1.807) is 0 Å². The van der Waals surface area contributed by atoms with E-state index in [1.807, 2.05) is 0 Å². The van der Waals surface area contributed by atoms with Crippen LogP contribution in [0.15, 0.2) is 6.07 Å². The van der Waals surface area contributed by atoms with Gasteiger partial charge >= 0.3 is 0 Å². The van der Waals surface area contributed by atoms with Crippen LogP contribution in [0.2, 0.25) is 0 Å². The van der Waals surface area contributed by atoms with Gasteiger partial charge in [0, 0.05) is 38.7 Å². The van der Waals surface area contributed by atoms with Crippen LogP contribution >= 0.6 is 0 Å². The zero-order valence-corrected chi connectivity index (χ0v) is 14.2. The zero-order chi connectivity index (χ0) is 16.1. The molecule has 6 heteroatoms. The smallest absolute Gasteiger partial charge is 0.222 e. The second kappa shape index (κ2) is 7.93. The largest absolute Gasteiger partial charge is 0.381 e. The summed E-state index contributed by atoms with van der Waals surface area (Å²) >= 11 is 0. The Morgan fingerprint density at radius 3 is 2.74 bits per heavy atom. The van der Waals surface area contributed by atoms with Crippen molar-refractivity contribution in [2.45, 2.75) is 38.0 Å². The zero-order valence-electron chi connectivity index (χ0n) is 14.2. The lowest BCUT2D eigenvalue weighted by molar-refractivity contribution is 0.193. The summed E-state index contributed by atoms with van der Waals surface area (Å²) in [7, 11) is 2.09. The van der Waals surface area contributed by atoms with Crippen molar-refractivity contribution in [1.82, 2.24) is 14.9 Å². The monoisotopic (exact) mass is 319 g/mol. The molecule has 2 saturated heterocycles. The number of nitrogens with two attached hydrogens (primary N) is 1. The summed E-state index contributed by atoms with van der Waals surface area (Å²) in [6, 6.07) is 2.08. The molecule has 23 heavy (non-hydrogen) atoms. The lowest BCUT2D eigenvalue weighted by Crippen LogP contribution is -2.34. The first-order chi connectivity index (χ1) is 11.2. The molecule has 128 valence electrons. The Morgan fingerprint density at radius 2 is 2.04 bits per heavy atom. The highest BCUT2D eigenvalue weighted by Gasteiger charge is 2.21. The molecule has 1 aromatic heterocycles. The van der Waals surface area contributed by atoms with Crippen molar-refractivity contribution < 1.29 is 4.74 Å². The first-order valence-corrected chi connectivity index (χ1v) is 8.88. The van der Waals surface area contributed by atoms with Gasteiger partial charge in [0.05, 0.1) is 12.3 Å². The van der Waals surface area contributed by atoms with Crippen LogP contribution in [-0.2, 0) is 4.74 Å². The van der Waals surface area contributed by atoms with Gasteiger partial charge in [-0.2, -0.15) is 4.98 Å². The van der Waals surface area contributed by atoms with Crippen LogP contribution in [0.25, 0.3) is 0 Å². The molecule has 1 unspecified atom stereocenters. The maximum atomic E-state index is 5.92. The number of rotatable bonds is 5. The van der Waals surface area contributed by atoms with Gasteiger partial charge in [0.15, 0.2) is 0 Å². The molecule has 0 bridgehead atoms. The molecule has 2 aliphatic heterocycles. The van der Waals surface area contributed by atoms with E-state index in [0.717, 1.165) is 44.2 Å². The number of aromatic nitrogens is 2. The molecule has 0 aromatic carbocycles. The molecule has 0 radical (unpaired) electrons. The molecule has 0 aliphatic carbocycles. The topological polar surface area (TPSA) is 67.5 Å². The highest BCUT2D eigenvalue weighted by atomic mass is 16.5. The second-order valence-corrected chi connectivity index (χ2v) is 6.75. The third-order valence-corrected chi connectivity index (χ3v) is 4.94. The van der Waals surface area contributed by atoms with Crippen LogP contribution in [-0.4, -0.2) is 61.3 Å². The van der Waals surface area contributed by atoms with Crippen LogP contribution in [0.3, 0.4) is 0 Å². The quantitative estimate of drug-likeness (QED) is 0.894. The van der Waals surface area contributed by atoms with Crippen molar-refractivity contribution in [2.24, 2.45) is 0 Å². The summed E-state index contributed by atoms with van der Waals surface area (Å²) in [6.45, 7) is 6.07. The Hall–Kier alpha value is -1.40. The van der Waals surface area contributed by atoms with E-state index in [0.29, 0.717) is 11.9 Å². The van der Waals surface area contributed by atoms with Crippen molar-refractivity contribution in [3.63, 3.8) is 0 Å². The van der Waals surface area contributed by atoms with E-state index in [-0.39, 0.29) is 0 Å². The van der Waals surface area contributed by atoms with Crippen LogP contribution in [0.1, 0.15) is 43.7 Å². The highest BCUT2D eigenvalue weighted by Crippen LogP contribution is 2.26. The van der Waals surface area contributed by atoms with Gasteiger partial charge in [-0.25, -0.2) is 4.98 Å². The van der Waals surface area contributed by atoms with Gasteiger partial charge in [-0.3, -0.25) is 0 Å². The van der Waals surface area contributed by atoms with Crippen molar-refractivity contribution in [3.05, 3.63) is 11.8 Å². The minimum absolute atomic E-state index is 0.359. The Bertz CT molecular complexity index is 496. The molecule has 3 heterocycles. The summed E-state index contributed by atoms with van der Waals surface area (Å²) in [4.78, 5) is 13.6. The molecular formula is C17H29N5O. The van der Waals surface area contributed by atoms with E-state index in [1.165, 1.54) is 38.8 Å². The third-order valence-electron chi connectivity index (χ3n) is 4.94. The number of likely N-dealkylation sites (N-methyl/N-ethyl adjacent to an activating group) is 1. The van der Waals surface area contributed by atoms with Crippen molar-refractivity contribution in [1.29, 1.82) is 0 Å². The van der Waals surface area contributed by atoms with E-state index in [9.17, 15) is 0 Å². The van der Waals surface area contributed by atoms with Gasteiger partial charge in [-0.15, -0.1) is 0 Å². The number of ether oxygens (including phenoxy) is 1. The lowest BCUT2D eigenvalue weighted by atomic mass is 10.0. The third kappa shape index (κ3) is 4.54. The van der Waals surface area contributed by atoms with Crippen molar-refractivity contribution in [2.75, 3.05) is 57.1 Å². The van der Waals surface area contributed by atoms with Gasteiger partial charge in [0.2, 0.25) is 5.95 Å². The number of hydrogen-bond donors (Lipinski definition) is 1. The van der Waals surface area contributed by atoms with Gasteiger partial charge in [-0.05, 0) is 32.4 Å². The Kier molecular flexibility index (Phi) is 5.67. The minimum atomic E-state index is 0.359. The standard InChI is InChI=1S/C17H29N5O/c1-21(9-10-22-7-4-2-3-5-8-22)16-12-15(19-17(18)20-16)14-6-11-23-13-14/h12,14H,2-11,13H2,1H3,(H2,18,19,20). The molecule has 0 saturated carbocycles. The molecule has 3 rings (SSSR count). The van der Waals surface area contributed by atoms with Gasteiger partial charge in [0.25, 0.3) is 0 Å². The number of nitrogens with zero attached hydrogens (tertiary/aromatic N) is 4. The summed E-state index contributed by atoms with van der Waals surface area (Å²) in [5.74, 6) is 1.65. The fourth-order valence-electron chi connectivity index (χ4n) is 3.41. The van der Waals surface area contributed by atoms with Crippen LogP contribution < -0.4 is 10.6 Å². The molecule has 6 nitrogen and oxygen atoms in total. The normalized spacial score (nSPS) is 22.9. The predicted octanol–water partition coefficient (Wildman–Crippen LogP) is 1.87. The second-order valence-electron chi connectivity index (χ2n) is 6.75. The fraction of sp³-hybridized carbons (Fsp3) is 0.765. The fourth-order valence-corrected chi connectivity index (χ4v) is 3.41. The first kappa shape index (κ1) is 16.5. The SMILES string of the molecule is CN(CCN1CCCCCC1)c1cc(C2CCOC2)nc(N)n1. The summed E-state index contributed by atoms with van der Waals surface area (Å²) in [5.41, 5.74) is 6.94. The number of likely N-dealkylation sites (tertiary alicyclic amines) is 1. The predicted molar refractivity (Wildman–Crippen MR) is 92.8 cm³/mol. The average molecular weight is 319 g/mol. The van der Waals surface area contributed by atoms with E-state index in [2.05, 4.69) is 32.9 Å². The van der Waals surface area contributed by atoms with Gasteiger partial charge < -0.3 is 20.3 Å². The summed E-state index contributed by atoms with van der Waals surface area (Å²) < 4.78 is 5.47. The number of anilines is 2. The van der Waals surface area contributed by atoms with Crippen LogP contribution in [0, 0.1) is 0 Å². The average Bonchev–Trinajstić information content (AvgIpc) is 2.96. The van der Waals surface area contributed by atoms with Gasteiger partial charge in [0.1, 0.15) is 5.82 Å². The molecule has 2 aliphatic rings. The lowest BCUT2D eigenvalue weighted by Gasteiger charge is -2.25. The van der Waals surface area contributed by atoms with E-state index >= 15 is 0 Å². The van der Waals surface area contributed by atoms with Crippen LogP contribution in [0.5, 0.6) is 0 Å². The Balaban J connectivity index is 1.60. The molecular weight excluding hydrogens is 290 g/mol. The van der Waals surface area contributed by atoms with Crippen molar-refractivity contribution in [3.8, 4) is 0 Å². The van der Waals surface area contributed by atoms with Gasteiger partial charge in [-0.1, -0.05) is 12.8 Å². The van der Waals surface area contributed by atoms with E-state index < -0.39 is 0 Å². The molecule has 1 atom stereocenters. The summed E-state index contributed by atoms with van der Waals surface area (Å²) in [6.07, 6.45) is 6.43. The van der Waals surface area contributed by atoms with Crippen LogP contribution in [0.4, 0.5) is 11.8 Å². The maximum absolute atomic E-state index is 5.92. The minimum Gasteiger partial charge on any atom is -0.381 e. The Labute approximate surface area is 139 Å². The Morgan fingerprint density at radius 1 is 1.26 bits per heavy atom. The molecule has 1 aromatic rings. The number of hydrogen-bond acceptors (Lipinski definition) is 6. The number of nitrogen functional groups attached to an aromatic ring is 1. The van der Waals surface area contributed by atoms with E-state index in [4.69, 9.17) is 10.5 Å². The maximum Gasteiger partial charge on any atom is 0.222 e. The molecule has 2 N–H and O–H groups in total. The van der Waals surface area contributed by atoms with Crippen molar-refractivity contribution >= 4 is 11.8 Å². The first-order valence-electron chi connectivity index (χ1n) is 8.88. The summed E-state index contributed by atoms with van der Waals surface area (Å²) in [5, 5.41) is 0. The molecule has 0 spiro atoms.